The maximum absolute atomic E-state index is 3.22. The van der Waals surface area contributed by atoms with E-state index >= 15 is 0 Å². The predicted molar refractivity (Wildman–Crippen MR) is 65.5 cm³/mol. The third kappa shape index (κ3) is 11.3. The maximum Gasteiger partial charge on any atom is -0.0274 e. The molecule has 0 rings (SSSR count). The van der Waals surface area contributed by atoms with Gasteiger partial charge in [-0.25, -0.2) is 0 Å². The highest BCUT2D eigenvalue weighted by atomic mass is 13.9. The smallest absolute Gasteiger partial charge is 0.0274 e. The van der Waals surface area contributed by atoms with Crippen molar-refractivity contribution in [1.82, 2.24) is 0 Å². The fourth-order valence-electron chi connectivity index (χ4n) is 1.25. The highest BCUT2D eigenvalue weighted by Crippen LogP contribution is 2.03. The molecule has 80 valence electrons. The van der Waals surface area contributed by atoms with E-state index in [2.05, 4.69) is 43.9 Å². The average molecular weight is 192 g/mol. The summed E-state index contributed by atoms with van der Waals surface area (Å²) >= 11 is 0. The van der Waals surface area contributed by atoms with Crippen molar-refractivity contribution in [3.63, 3.8) is 0 Å². The molecule has 0 aromatic rings. The zero-order valence-electron chi connectivity index (χ0n) is 9.76. The second-order valence-electron chi connectivity index (χ2n) is 3.57. The first-order chi connectivity index (χ1) is 6.91. The standard InChI is InChI=1S/C14H24/c1-3-5-7-9-11-13-14-12-10-8-6-4-2/h3,5,8,12H,4,6-7,9,11,13-14H2,1-2H3. The third-order valence-corrected chi connectivity index (χ3v) is 2.12. The van der Waals surface area contributed by atoms with Crippen molar-refractivity contribution in [2.24, 2.45) is 0 Å². The van der Waals surface area contributed by atoms with E-state index in [0.29, 0.717) is 0 Å². The zero-order valence-corrected chi connectivity index (χ0v) is 9.76. The van der Waals surface area contributed by atoms with Gasteiger partial charge in [-0.2, -0.15) is 0 Å². The van der Waals surface area contributed by atoms with Crippen molar-refractivity contribution in [2.45, 2.75) is 58.8 Å². The molecule has 0 saturated heterocycles. The molecule has 0 spiro atoms. The molecule has 0 aliphatic heterocycles. The van der Waals surface area contributed by atoms with Gasteiger partial charge in [0.25, 0.3) is 0 Å². The minimum absolute atomic E-state index is 1.16. The minimum Gasteiger partial charge on any atom is -0.130 e. The van der Waals surface area contributed by atoms with Crippen LogP contribution in [0.25, 0.3) is 0 Å². The second-order valence-corrected chi connectivity index (χ2v) is 3.57. The van der Waals surface area contributed by atoms with Gasteiger partial charge in [-0.1, -0.05) is 31.9 Å². The number of allylic oxidation sites excluding steroid dienone is 3. The van der Waals surface area contributed by atoms with Gasteiger partial charge in [0, 0.05) is 0 Å². The number of unbranched alkanes of at least 4 members (excludes halogenated alkanes) is 5. The molecule has 0 aliphatic carbocycles. The Morgan fingerprint density at radius 2 is 1.64 bits per heavy atom. The Labute approximate surface area is 89.4 Å². The van der Waals surface area contributed by atoms with E-state index in [0.717, 1.165) is 6.42 Å². The summed E-state index contributed by atoms with van der Waals surface area (Å²) in [6.45, 7) is 4.28. The van der Waals surface area contributed by atoms with Gasteiger partial charge in [-0.05, 0) is 51.2 Å². The van der Waals surface area contributed by atoms with Gasteiger partial charge < -0.3 is 0 Å². The van der Waals surface area contributed by atoms with Crippen LogP contribution in [-0.2, 0) is 0 Å². The minimum atomic E-state index is 1.16. The van der Waals surface area contributed by atoms with E-state index in [1.54, 1.807) is 0 Å². The van der Waals surface area contributed by atoms with Gasteiger partial charge in [0.05, 0.1) is 0 Å². The lowest BCUT2D eigenvalue weighted by molar-refractivity contribution is 0.696. The van der Waals surface area contributed by atoms with Crippen LogP contribution in [0.15, 0.2) is 30.0 Å². The van der Waals surface area contributed by atoms with Gasteiger partial charge in [0.1, 0.15) is 0 Å². The van der Waals surface area contributed by atoms with Gasteiger partial charge in [0.2, 0.25) is 0 Å². The summed E-state index contributed by atoms with van der Waals surface area (Å²) in [5, 5.41) is 0. The van der Waals surface area contributed by atoms with E-state index in [-0.39, 0.29) is 0 Å². The van der Waals surface area contributed by atoms with Gasteiger partial charge in [-0.3, -0.25) is 0 Å². The summed E-state index contributed by atoms with van der Waals surface area (Å²) in [7, 11) is 0. The topological polar surface area (TPSA) is 0 Å². The van der Waals surface area contributed by atoms with Crippen molar-refractivity contribution in [3.05, 3.63) is 30.0 Å². The Kier molecular flexibility index (Phi) is 11.6. The van der Waals surface area contributed by atoms with Crippen LogP contribution in [0, 0.1) is 0 Å². The van der Waals surface area contributed by atoms with Gasteiger partial charge >= 0.3 is 0 Å². The van der Waals surface area contributed by atoms with E-state index < -0.39 is 0 Å². The molecule has 0 aliphatic rings. The van der Waals surface area contributed by atoms with E-state index in [9.17, 15) is 0 Å². The van der Waals surface area contributed by atoms with E-state index in [1.165, 1.54) is 38.5 Å². The highest BCUT2D eigenvalue weighted by molar-refractivity contribution is 4.84. The molecule has 0 atom stereocenters. The molecule has 14 heavy (non-hydrogen) atoms. The molecule has 0 heteroatoms. The molecule has 0 unspecified atom stereocenters. The quantitative estimate of drug-likeness (QED) is 0.287. The van der Waals surface area contributed by atoms with E-state index in [4.69, 9.17) is 0 Å². The Hall–Kier alpha value is -0.740. The third-order valence-electron chi connectivity index (χ3n) is 2.12. The maximum atomic E-state index is 3.22. The number of hydrogen-bond acceptors (Lipinski definition) is 0. The number of rotatable bonds is 8. The summed E-state index contributed by atoms with van der Waals surface area (Å²) in [6.07, 6.45) is 17.5. The first-order valence-electron chi connectivity index (χ1n) is 5.92. The molecule has 0 bridgehead atoms. The van der Waals surface area contributed by atoms with E-state index in [1.807, 2.05) is 0 Å². The van der Waals surface area contributed by atoms with Crippen LogP contribution >= 0.6 is 0 Å². The lowest BCUT2D eigenvalue weighted by Crippen LogP contribution is -1.73. The monoisotopic (exact) mass is 192 g/mol. The second kappa shape index (κ2) is 12.3. The normalized spacial score (nSPS) is 10.1. The van der Waals surface area contributed by atoms with Gasteiger partial charge in [0.15, 0.2) is 0 Å². The van der Waals surface area contributed by atoms with Crippen LogP contribution in [0.3, 0.4) is 0 Å². The summed E-state index contributed by atoms with van der Waals surface area (Å²) in [4.78, 5) is 0. The average Bonchev–Trinajstić information content (AvgIpc) is 2.21. The summed E-state index contributed by atoms with van der Waals surface area (Å²) < 4.78 is 0. The van der Waals surface area contributed by atoms with Crippen LogP contribution in [0.1, 0.15) is 58.8 Å². The molecule has 0 fully saturated rings. The van der Waals surface area contributed by atoms with Crippen molar-refractivity contribution >= 4 is 0 Å². The Balaban J connectivity index is 3.16. The van der Waals surface area contributed by atoms with Crippen LogP contribution in [0.2, 0.25) is 0 Å². The molecule has 0 radical (unpaired) electrons. The molecule has 0 amide bonds. The molecule has 0 aromatic carbocycles. The molecular formula is C14H24. The first kappa shape index (κ1) is 13.3. The fraction of sp³-hybridized carbons (Fsp3) is 0.643. The molecule has 0 nitrogen and oxygen atoms in total. The van der Waals surface area contributed by atoms with Crippen molar-refractivity contribution in [1.29, 1.82) is 0 Å². The summed E-state index contributed by atoms with van der Waals surface area (Å²) in [6, 6.07) is 0. The molecule has 0 N–H and O–H groups in total. The van der Waals surface area contributed by atoms with Crippen molar-refractivity contribution < 1.29 is 0 Å². The van der Waals surface area contributed by atoms with Crippen molar-refractivity contribution in [2.75, 3.05) is 0 Å². The SMILES string of the molecule is CC=CCCCCCC=C=CCCC. The van der Waals surface area contributed by atoms with Crippen LogP contribution in [0.5, 0.6) is 0 Å². The highest BCUT2D eigenvalue weighted by Gasteiger charge is 1.84. The summed E-state index contributed by atoms with van der Waals surface area (Å²) in [5.74, 6) is 0. The van der Waals surface area contributed by atoms with Gasteiger partial charge in [-0.15, -0.1) is 5.73 Å². The molecule has 0 aromatic heterocycles. The largest absolute Gasteiger partial charge is 0.130 e. The van der Waals surface area contributed by atoms with Crippen molar-refractivity contribution in [3.8, 4) is 0 Å². The Morgan fingerprint density at radius 1 is 0.929 bits per heavy atom. The summed E-state index contributed by atoms with van der Waals surface area (Å²) in [5.41, 5.74) is 3.22. The fourth-order valence-corrected chi connectivity index (χ4v) is 1.25. The molecule has 0 saturated carbocycles. The predicted octanol–water partition coefficient (Wildman–Crippen LogP) is 5.02. The lowest BCUT2D eigenvalue weighted by Gasteiger charge is -1.93. The van der Waals surface area contributed by atoms with Crippen LogP contribution in [0.4, 0.5) is 0 Å². The van der Waals surface area contributed by atoms with Crippen LogP contribution < -0.4 is 0 Å². The lowest BCUT2D eigenvalue weighted by atomic mass is 10.1. The van der Waals surface area contributed by atoms with Crippen LogP contribution in [-0.4, -0.2) is 0 Å². The zero-order chi connectivity index (χ0) is 10.5. The number of hydrogen-bond donors (Lipinski definition) is 0. The molecular weight excluding hydrogens is 168 g/mol. The molecule has 0 heterocycles. The Morgan fingerprint density at radius 3 is 2.36 bits per heavy atom. The Bertz CT molecular complexity index is 180. The first-order valence-corrected chi connectivity index (χ1v) is 5.92.